The third kappa shape index (κ3) is 8.07. The maximum Gasteiger partial charge on any atom is 0.336 e. The van der Waals surface area contributed by atoms with Gasteiger partial charge in [0.1, 0.15) is 5.92 Å². The Morgan fingerprint density at radius 1 is 0.886 bits per heavy atom. The molecule has 1 saturated heterocycles. The topological polar surface area (TPSA) is 104 Å². The summed E-state index contributed by atoms with van der Waals surface area (Å²) in [7, 11) is 3.74. The summed E-state index contributed by atoms with van der Waals surface area (Å²) in [5.41, 5.74) is 3.07. The number of methoxy groups -OCH3 is 3. The molecule has 2 aliphatic heterocycles. The second-order valence-electron chi connectivity index (χ2n) is 10.7. The number of halogens is 2. The summed E-state index contributed by atoms with van der Waals surface area (Å²) in [6.45, 7) is 4.23. The van der Waals surface area contributed by atoms with Crippen molar-refractivity contribution < 1.29 is 33.3 Å². The van der Waals surface area contributed by atoms with Crippen LogP contribution >= 0.6 is 23.2 Å². The number of carbonyl (C=O) groups is 3. The summed E-state index contributed by atoms with van der Waals surface area (Å²) < 4.78 is 21.3. The van der Waals surface area contributed by atoms with E-state index in [-0.39, 0.29) is 27.8 Å². The molecule has 2 heterocycles. The van der Waals surface area contributed by atoms with E-state index in [0.29, 0.717) is 37.3 Å². The lowest BCUT2D eigenvalue weighted by molar-refractivity contribution is -0.143. The number of aryl methyl sites for hydroxylation is 1. The van der Waals surface area contributed by atoms with E-state index < -0.39 is 29.7 Å². The molecule has 2 aromatic carbocycles. The molecule has 0 bridgehead atoms. The Morgan fingerprint density at radius 2 is 1.57 bits per heavy atom. The highest BCUT2D eigenvalue weighted by atomic mass is 35.5. The molecule has 0 radical (unpaired) electrons. The van der Waals surface area contributed by atoms with Crippen molar-refractivity contribution in [2.24, 2.45) is 10.9 Å². The molecule has 44 heavy (non-hydrogen) atoms. The van der Waals surface area contributed by atoms with Crippen molar-refractivity contribution in [3.8, 4) is 0 Å². The Kier molecular flexibility index (Phi) is 12.4. The fraction of sp³-hybridized carbons (Fsp3) is 0.455. The Bertz CT molecular complexity index is 1400. The van der Waals surface area contributed by atoms with Crippen LogP contribution in [0, 0.1) is 5.92 Å². The molecule has 2 aromatic rings. The summed E-state index contributed by atoms with van der Waals surface area (Å²) in [6.07, 6.45) is 2.98. The van der Waals surface area contributed by atoms with Gasteiger partial charge in [0.05, 0.1) is 52.2 Å². The van der Waals surface area contributed by atoms with E-state index >= 15 is 0 Å². The smallest absolute Gasteiger partial charge is 0.336 e. The van der Waals surface area contributed by atoms with Crippen LogP contribution in [0.4, 0.5) is 0 Å². The molecular formula is C33H38Cl2N2O7. The van der Waals surface area contributed by atoms with Crippen molar-refractivity contribution in [1.82, 2.24) is 4.90 Å². The van der Waals surface area contributed by atoms with E-state index in [1.54, 1.807) is 18.2 Å². The third-order valence-corrected chi connectivity index (χ3v) is 8.73. The van der Waals surface area contributed by atoms with Crippen LogP contribution < -0.4 is 0 Å². The standard InChI is InChI=1S/C33H38Cl2N2O7/c1-41-27(38)19-26-30(33(40)43-3)31(28-23(34)11-8-12-24(28)35)29(32(39)42-2)25(36-26)14-13-21-9-4-5-10-22(21)20-44-18-17-37-15-6-7-16-37/h4-5,8-12,30-31H,6-7,13-20H2,1-3H3. The number of hydrogen-bond acceptors (Lipinski definition) is 9. The number of nitrogens with zero attached hydrogens (tertiary/aromatic N) is 2. The van der Waals surface area contributed by atoms with Crippen molar-refractivity contribution in [3.63, 3.8) is 0 Å². The number of rotatable bonds is 13. The minimum Gasteiger partial charge on any atom is -0.469 e. The van der Waals surface area contributed by atoms with Gasteiger partial charge in [-0.05, 0) is 67.6 Å². The van der Waals surface area contributed by atoms with Crippen LogP contribution in [-0.4, -0.2) is 76.1 Å². The zero-order chi connectivity index (χ0) is 31.6. The van der Waals surface area contributed by atoms with Gasteiger partial charge >= 0.3 is 17.9 Å². The second-order valence-corrected chi connectivity index (χ2v) is 11.5. The molecule has 0 saturated carbocycles. The average Bonchev–Trinajstić information content (AvgIpc) is 3.55. The molecule has 2 unspecified atom stereocenters. The summed E-state index contributed by atoms with van der Waals surface area (Å²) in [5.74, 6) is -4.18. The molecule has 2 aliphatic rings. The number of carbonyl (C=O) groups excluding carboxylic acids is 3. The van der Waals surface area contributed by atoms with Crippen LogP contribution in [0.25, 0.3) is 0 Å². The number of hydrogen-bond donors (Lipinski definition) is 0. The average molecular weight is 646 g/mol. The normalized spacial score (nSPS) is 18.6. The number of esters is 3. The summed E-state index contributed by atoms with van der Waals surface area (Å²) >= 11 is 13.3. The maximum absolute atomic E-state index is 13.5. The van der Waals surface area contributed by atoms with E-state index in [9.17, 15) is 14.4 Å². The van der Waals surface area contributed by atoms with Gasteiger partial charge in [-0.1, -0.05) is 53.5 Å². The van der Waals surface area contributed by atoms with Gasteiger partial charge in [-0.3, -0.25) is 14.6 Å². The van der Waals surface area contributed by atoms with Crippen molar-refractivity contribution >= 4 is 46.8 Å². The number of aliphatic imine (C=N–C) groups is 1. The highest BCUT2D eigenvalue weighted by Crippen LogP contribution is 2.46. The number of ether oxygens (including phenoxy) is 4. The van der Waals surface area contributed by atoms with Crippen LogP contribution in [0.2, 0.25) is 10.0 Å². The first kappa shape index (κ1) is 33.6. The van der Waals surface area contributed by atoms with E-state index in [4.69, 9.17) is 47.1 Å². The first-order valence-electron chi connectivity index (χ1n) is 14.6. The Hall–Kier alpha value is -3.24. The zero-order valence-corrected chi connectivity index (χ0v) is 26.8. The molecule has 4 rings (SSSR count). The molecule has 0 aliphatic carbocycles. The third-order valence-electron chi connectivity index (χ3n) is 8.07. The second kappa shape index (κ2) is 16.2. The molecule has 0 N–H and O–H groups in total. The van der Waals surface area contributed by atoms with Gasteiger partial charge in [-0.2, -0.15) is 0 Å². The van der Waals surface area contributed by atoms with Gasteiger partial charge in [-0.15, -0.1) is 0 Å². The SMILES string of the molecule is COC(=O)CC1=NC(CCc2ccccc2COCCN2CCCC2)=C(C(=O)OC)C(c2c(Cl)cccc2Cl)C1C(=O)OC. The first-order chi connectivity index (χ1) is 21.3. The van der Waals surface area contributed by atoms with E-state index in [2.05, 4.69) is 4.90 Å². The number of benzene rings is 2. The van der Waals surface area contributed by atoms with Gasteiger partial charge in [0.15, 0.2) is 0 Å². The molecule has 1 fully saturated rings. The van der Waals surface area contributed by atoms with E-state index in [1.165, 1.54) is 34.2 Å². The van der Waals surface area contributed by atoms with Crippen molar-refractivity contribution in [1.29, 1.82) is 0 Å². The molecule has 0 spiro atoms. The summed E-state index contributed by atoms with van der Waals surface area (Å²) in [5, 5.41) is 0.487. The van der Waals surface area contributed by atoms with E-state index in [1.807, 2.05) is 24.3 Å². The molecule has 0 aromatic heterocycles. The van der Waals surface area contributed by atoms with Crippen LogP contribution in [0.1, 0.15) is 48.3 Å². The number of likely N-dealkylation sites (tertiary alicyclic amines) is 1. The van der Waals surface area contributed by atoms with Crippen LogP contribution in [0.15, 0.2) is 58.7 Å². The lowest BCUT2D eigenvalue weighted by Gasteiger charge is -2.33. The lowest BCUT2D eigenvalue weighted by Crippen LogP contribution is -2.38. The van der Waals surface area contributed by atoms with Gasteiger partial charge in [0.25, 0.3) is 0 Å². The van der Waals surface area contributed by atoms with Gasteiger partial charge in [0.2, 0.25) is 0 Å². The lowest BCUT2D eigenvalue weighted by atomic mass is 9.74. The van der Waals surface area contributed by atoms with Crippen molar-refractivity contribution in [2.75, 3.05) is 47.6 Å². The Morgan fingerprint density at radius 3 is 2.20 bits per heavy atom. The molecular weight excluding hydrogens is 607 g/mol. The quantitative estimate of drug-likeness (QED) is 0.159. The summed E-state index contributed by atoms with van der Waals surface area (Å²) in [4.78, 5) is 46.4. The predicted molar refractivity (Wildman–Crippen MR) is 168 cm³/mol. The van der Waals surface area contributed by atoms with Crippen LogP contribution in [0.3, 0.4) is 0 Å². The van der Waals surface area contributed by atoms with Crippen LogP contribution in [-0.2, 0) is 46.4 Å². The van der Waals surface area contributed by atoms with Crippen molar-refractivity contribution in [2.45, 2.75) is 44.6 Å². The minimum absolute atomic E-state index is 0.130. The Balaban J connectivity index is 1.72. The van der Waals surface area contributed by atoms with Crippen molar-refractivity contribution in [3.05, 3.63) is 80.5 Å². The minimum atomic E-state index is -1.18. The highest BCUT2D eigenvalue weighted by molar-refractivity contribution is 6.36. The molecule has 2 atom stereocenters. The highest BCUT2D eigenvalue weighted by Gasteiger charge is 2.46. The van der Waals surface area contributed by atoms with Crippen LogP contribution in [0.5, 0.6) is 0 Å². The maximum atomic E-state index is 13.5. The fourth-order valence-electron chi connectivity index (χ4n) is 5.85. The molecule has 9 nitrogen and oxygen atoms in total. The monoisotopic (exact) mass is 644 g/mol. The molecule has 236 valence electrons. The van der Waals surface area contributed by atoms with Gasteiger partial charge in [0, 0.05) is 28.2 Å². The summed E-state index contributed by atoms with van der Waals surface area (Å²) in [6, 6.07) is 12.9. The van der Waals surface area contributed by atoms with Gasteiger partial charge < -0.3 is 23.8 Å². The predicted octanol–water partition coefficient (Wildman–Crippen LogP) is 5.56. The van der Waals surface area contributed by atoms with Gasteiger partial charge in [-0.25, -0.2) is 4.79 Å². The zero-order valence-electron chi connectivity index (χ0n) is 25.3. The number of allylic oxidation sites excluding steroid dienone is 1. The largest absolute Gasteiger partial charge is 0.469 e. The molecule has 0 amide bonds. The Labute approximate surface area is 268 Å². The molecule has 11 heteroatoms. The first-order valence-corrected chi connectivity index (χ1v) is 15.4. The van der Waals surface area contributed by atoms with E-state index in [0.717, 1.165) is 30.8 Å². The fourth-order valence-corrected chi connectivity index (χ4v) is 6.48.